The summed E-state index contributed by atoms with van der Waals surface area (Å²) in [4.78, 5) is 35.6. The lowest BCUT2D eigenvalue weighted by molar-refractivity contribution is -0.125. The van der Waals surface area contributed by atoms with Gasteiger partial charge < -0.3 is 15.1 Å². The van der Waals surface area contributed by atoms with E-state index < -0.39 is 11.9 Å². The van der Waals surface area contributed by atoms with Gasteiger partial charge in [-0.25, -0.2) is 4.79 Å². The lowest BCUT2D eigenvalue weighted by atomic mass is 9.95. The molecule has 2 heterocycles. The zero-order valence-electron chi connectivity index (χ0n) is 16.7. The van der Waals surface area contributed by atoms with Crippen LogP contribution in [0, 0.1) is 26.7 Å². The van der Waals surface area contributed by atoms with Crippen LogP contribution in [0.15, 0.2) is 21.8 Å². The first kappa shape index (κ1) is 20.8. The molecule has 1 aliphatic heterocycles. The lowest BCUT2D eigenvalue weighted by Crippen LogP contribution is -2.57. The van der Waals surface area contributed by atoms with Crippen molar-refractivity contribution < 1.29 is 18.8 Å². The number of aryl methyl sites for hydroxylation is 3. The van der Waals surface area contributed by atoms with E-state index in [-0.39, 0.29) is 41.1 Å². The Bertz CT molecular complexity index is 935. The Morgan fingerprint density at radius 3 is 2.55 bits per heavy atom. The Balaban J connectivity index is 1.55. The number of nitrogens with one attached hydrogen (secondary N) is 3. The number of urea groups is 1. The van der Waals surface area contributed by atoms with E-state index in [0.29, 0.717) is 0 Å². The zero-order chi connectivity index (χ0) is 21.1. The van der Waals surface area contributed by atoms with Gasteiger partial charge in [0, 0.05) is 18.2 Å². The predicted octanol–water partition coefficient (Wildman–Crippen LogP) is 2.11. The van der Waals surface area contributed by atoms with E-state index in [9.17, 15) is 14.4 Å². The second kappa shape index (κ2) is 8.64. The molecule has 1 aromatic heterocycles. The summed E-state index contributed by atoms with van der Waals surface area (Å²) in [7, 11) is 0. The largest absolute Gasteiger partial charge is 0.416 e. The first-order valence-corrected chi connectivity index (χ1v) is 10.2. The van der Waals surface area contributed by atoms with Crippen LogP contribution in [-0.4, -0.2) is 39.8 Å². The van der Waals surface area contributed by atoms with E-state index in [4.69, 9.17) is 4.42 Å². The van der Waals surface area contributed by atoms with Gasteiger partial charge in [0.25, 0.3) is 5.22 Å². The second-order valence-corrected chi connectivity index (χ2v) is 8.06. The fraction of sp³-hybridized carbons (Fsp3) is 0.421. The molecule has 9 nitrogen and oxygen atoms in total. The third-order valence-electron chi connectivity index (χ3n) is 4.65. The molecule has 0 saturated carbocycles. The van der Waals surface area contributed by atoms with Crippen molar-refractivity contribution in [1.82, 2.24) is 20.8 Å². The van der Waals surface area contributed by atoms with Gasteiger partial charge in [-0.2, -0.15) is 0 Å². The maximum absolute atomic E-state index is 12.3. The van der Waals surface area contributed by atoms with E-state index >= 15 is 0 Å². The summed E-state index contributed by atoms with van der Waals surface area (Å²) in [6.07, 6.45) is 0.203. The van der Waals surface area contributed by atoms with Crippen molar-refractivity contribution >= 4 is 35.3 Å². The lowest BCUT2D eigenvalue weighted by Gasteiger charge is -2.27. The Hall–Kier alpha value is -2.88. The molecule has 1 aliphatic rings. The zero-order valence-corrected chi connectivity index (χ0v) is 17.5. The number of hydrogen-bond acceptors (Lipinski definition) is 7. The molecule has 10 heteroatoms. The highest BCUT2D eigenvalue weighted by atomic mass is 32.2. The minimum atomic E-state index is -0.509. The van der Waals surface area contributed by atoms with Gasteiger partial charge in [0.1, 0.15) is 0 Å². The van der Waals surface area contributed by atoms with Crippen LogP contribution in [0.1, 0.15) is 29.5 Å². The summed E-state index contributed by atoms with van der Waals surface area (Å²) in [5.41, 5.74) is 3.97. The molecule has 3 rings (SSSR count). The number of imide groups is 1. The van der Waals surface area contributed by atoms with E-state index in [2.05, 4.69) is 26.1 Å². The van der Waals surface area contributed by atoms with Gasteiger partial charge in [0.15, 0.2) is 0 Å². The molecule has 1 aromatic carbocycles. The molecular formula is C19H23N5O4S. The van der Waals surface area contributed by atoms with E-state index in [1.165, 1.54) is 0 Å². The van der Waals surface area contributed by atoms with Gasteiger partial charge in [-0.3, -0.25) is 14.9 Å². The third-order valence-corrected chi connectivity index (χ3v) is 5.47. The molecule has 0 radical (unpaired) electrons. The average molecular weight is 417 g/mol. The van der Waals surface area contributed by atoms with Crippen LogP contribution in [0.5, 0.6) is 0 Å². The highest BCUT2D eigenvalue weighted by Gasteiger charge is 2.34. The number of aromatic nitrogens is 2. The monoisotopic (exact) mass is 417 g/mol. The van der Waals surface area contributed by atoms with E-state index in [0.717, 1.165) is 34.1 Å². The number of anilines is 1. The molecule has 1 fully saturated rings. The summed E-state index contributed by atoms with van der Waals surface area (Å²) in [6, 6.07) is 3.19. The van der Waals surface area contributed by atoms with Crippen molar-refractivity contribution in [3.05, 3.63) is 34.7 Å². The van der Waals surface area contributed by atoms with Crippen LogP contribution in [0.2, 0.25) is 0 Å². The quantitative estimate of drug-likeness (QED) is 0.615. The molecule has 2 unspecified atom stereocenters. The number of amides is 4. The summed E-state index contributed by atoms with van der Waals surface area (Å²) in [5.74, 6) is -0.655. The number of benzene rings is 1. The smallest absolute Gasteiger partial charge is 0.321 e. The molecule has 0 spiro atoms. The minimum absolute atomic E-state index is 0.116. The van der Waals surface area contributed by atoms with Crippen molar-refractivity contribution in [3.63, 3.8) is 0 Å². The number of carbonyl (C=O) groups is 3. The van der Waals surface area contributed by atoms with Crippen molar-refractivity contribution in [2.24, 2.45) is 5.92 Å². The standard InChI is InChI=1S/C19H23N5O4S/c1-9-5-10(2)16(11(3)6-9)21-14(25)8-29-19-24-23-15(28-19)7-13-12(4)20-18(27)22-17(13)26/h5-6,12-13H,7-8H2,1-4H3,(H,21,25)(H2,20,22,26,27). The SMILES string of the molecule is Cc1cc(C)c(NC(=O)CSc2nnc(CC3C(=O)NC(=O)NC3C)o2)c(C)c1. The summed E-state index contributed by atoms with van der Waals surface area (Å²) in [5, 5.41) is 15.9. The molecule has 4 amide bonds. The fourth-order valence-electron chi connectivity index (χ4n) is 3.29. The Kier molecular flexibility index (Phi) is 6.21. The number of nitrogens with zero attached hydrogens (tertiary/aromatic N) is 2. The molecular weight excluding hydrogens is 394 g/mol. The maximum atomic E-state index is 12.3. The Morgan fingerprint density at radius 1 is 1.21 bits per heavy atom. The summed E-state index contributed by atoms with van der Waals surface area (Å²) in [6.45, 7) is 7.67. The Labute approximate surface area is 172 Å². The molecule has 2 aromatic rings. The van der Waals surface area contributed by atoms with Crippen molar-refractivity contribution in [2.45, 2.75) is 45.4 Å². The van der Waals surface area contributed by atoms with Gasteiger partial charge in [-0.05, 0) is 38.8 Å². The molecule has 0 aliphatic carbocycles. The van der Waals surface area contributed by atoms with E-state index in [1.807, 2.05) is 32.9 Å². The predicted molar refractivity (Wildman–Crippen MR) is 108 cm³/mol. The second-order valence-electron chi connectivity index (χ2n) is 7.13. The Morgan fingerprint density at radius 2 is 1.90 bits per heavy atom. The average Bonchev–Trinajstić information content (AvgIpc) is 3.07. The number of carbonyl (C=O) groups excluding carboxylic acids is 3. The van der Waals surface area contributed by atoms with Crippen LogP contribution in [0.4, 0.5) is 10.5 Å². The summed E-state index contributed by atoms with van der Waals surface area (Å²) < 4.78 is 5.54. The minimum Gasteiger partial charge on any atom is -0.416 e. The van der Waals surface area contributed by atoms with Crippen LogP contribution in [-0.2, 0) is 16.0 Å². The van der Waals surface area contributed by atoms with Crippen LogP contribution < -0.4 is 16.0 Å². The van der Waals surface area contributed by atoms with Crippen molar-refractivity contribution in [3.8, 4) is 0 Å². The van der Waals surface area contributed by atoms with Crippen LogP contribution in [0.25, 0.3) is 0 Å². The number of hydrogen-bond donors (Lipinski definition) is 3. The molecule has 3 N–H and O–H groups in total. The highest BCUT2D eigenvalue weighted by Crippen LogP contribution is 2.24. The van der Waals surface area contributed by atoms with Gasteiger partial charge in [0.2, 0.25) is 17.7 Å². The molecule has 0 bridgehead atoms. The highest BCUT2D eigenvalue weighted by molar-refractivity contribution is 7.99. The number of thioether (sulfide) groups is 1. The normalized spacial score (nSPS) is 18.9. The molecule has 29 heavy (non-hydrogen) atoms. The maximum Gasteiger partial charge on any atom is 0.321 e. The first-order chi connectivity index (χ1) is 13.7. The topological polar surface area (TPSA) is 126 Å². The first-order valence-electron chi connectivity index (χ1n) is 9.17. The fourth-order valence-corrected chi connectivity index (χ4v) is 3.87. The van der Waals surface area contributed by atoms with E-state index in [1.54, 1.807) is 6.92 Å². The molecule has 154 valence electrons. The third kappa shape index (κ3) is 5.14. The molecule has 2 atom stereocenters. The van der Waals surface area contributed by atoms with Gasteiger partial charge in [-0.15, -0.1) is 10.2 Å². The van der Waals surface area contributed by atoms with Crippen molar-refractivity contribution in [2.75, 3.05) is 11.1 Å². The van der Waals surface area contributed by atoms with Gasteiger partial charge in [0.05, 0.1) is 11.7 Å². The van der Waals surface area contributed by atoms with Crippen LogP contribution >= 0.6 is 11.8 Å². The van der Waals surface area contributed by atoms with Crippen molar-refractivity contribution in [1.29, 1.82) is 0 Å². The molecule has 1 saturated heterocycles. The van der Waals surface area contributed by atoms with Gasteiger partial charge >= 0.3 is 6.03 Å². The number of rotatable bonds is 6. The summed E-state index contributed by atoms with van der Waals surface area (Å²) >= 11 is 1.12. The van der Waals surface area contributed by atoms with Gasteiger partial charge in [-0.1, -0.05) is 29.5 Å². The van der Waals surface area contributed by atoms with Crippen LogP contribution in [0.3, 0.4) is 0 Å².